The molecule has 2 aromatic heterocycles. The van der Waals surface area contributed by atoms with E-state index in [1.54, 1.807) is 7.05 Å². The number of rotatable bonds is 4. The minimum atomic E-state index is -0.822. The molecule has 8 nitrogen and oxygen atoms in total. The number of carboxylic acids is 1. The summed E-state index contributed by atoms with van der Waals surface area (Å²) in [7, 11) is 1.59. The Morgan fingerprint density at radius 2 is 1.93 bits per heavy atom. The van der Waals surface area contributed by atoms with E-state index in [0.717, 1.165) is 29.3 Å². The Bertz CT molecular complexity index is 998. The molecule has 4 rings (SSSR count). The van der Waals surface area contributed by atoms with E-state index in [4.69, 9.17) is 10.8 Å². The van der Waals surface area contributed by atoms with Gasteiger partial charge in [-0.05, 0) is 26.0 Å². The maximum atomic E-state index is 11.8. The summed E-state index contributed by atoms with van der Waals surface area (Å²) in [5.41, 5.74) is 8.18. The number of primary amides is 1. The molecule has 2 heterocycles. The minimum Gasteiger partial charge on any atom is -0.480 e. The Kier molecular flexibility index (Phi) is 8.32. The van der Waals surface area contributed by atoms with Gasteiger partial charge in [-0.2, -0.15) is 0 Å². The molecule has 0 saturated heterocycles. The number of aliphatic carboxylic acids is 1. The molecule has 156 valence electrons. The highest BCUT2D eigenvalue weighted by Gasteiger charge is 2.22. The van der Waals surface area contributed by atoms with Gasteiger partial charge in [0.1, 0.15) is 5.52 Å². The number of hydrogen-bond donors (Lipinski definition) is 3. The zero-order valence-corrected chi connectivity index (χ0v) is 18.6. The standard InChI is InChI=1S/C17H18N4O.C3H7NO2.HI/c18-17(22)15-14-16(12-8-4-5-9-13(12)20-15)21(10-19-14)11-6-2-1-3-7-11;1-4-2-3(5)6;/h4-5,8-11H,1-3,6-7H2,(H2,18,22);4H,2H2,1H3,(H,5,6);1H. The lowest BCUT2D eigenvalue weighted by atomic mass is 9.95. The number of fused-ring (bicyclic) bond motifs is 3. The molecule has 3 aromatic rings. The van der Waals surface area contributed by atoms with Gasteiger partial charge in [0, 0.05) is 11.4 Å². The fourth-order valence-corrected chi connectivity index (χ4v) is 3.70. The van der Waals surface area contributed by atoms with Gasteiger partial charge in [0.15, 0.2) is 5.69 Å². The maximum absolute atomic E-state index is 11.8. The summed E-state index contributed by atoms with van der Waals surface area (Å²) in [6.07, 6.45) is 7.97. The summed E-state index contributed by atoms with van der Waals surface area (Å²) in [5.74, 6) is -1.35. The Balaban J connectivity index is 0.000000379. The highest BCUT2D eigenvalue weighted by Crippen LogP contribution is 2.34. The van der Waals surface area contributed by atoms with Gasteiger partial charge in [-0.15, -0.1) is 24.0 Å². The summed E-state index contributed by atoms with van der Waals surface area (Å²) in [5, 5.41) is 11.4. The van der Waals surface area contributed by atoms with Crippen molar-refractivity contribution in [1.29, 1.82) is 0 Å². The third-order valence-electron chi connectivity index (χ3n) is 4.94. The van der Waals surface area contributed by atoms with Crippen LogP contribution in [-0.4, -0.2) is 45.1 Å². The molecule has 0 radical (unpaired) electrons. The topological polar surface area (TPSA) is 123 Å². The lowest BCUT2D eigenvalue weighted by molar-refractivity contribution is -0.135. The summed E-state index contributed by atoms with van der Waals surface area (Å²) >= 11 is 0. The molecule has 29 heavy (non-hydrogen) atoms. The Morgan fingerprint density at radius 3 is 2.52 bits per heavy atom. The number of amides is 1. The van der Waals surface area contributed by atoms with Crippen molar-refractivity contribution in [3.8, 4) is 0 Å². The molecule has 4 N–H and O–H groups in total. The van der Waals surface area contributed by atoms with Crippen LogP contribution in [0.2, 0.25) is 0 Å². The van der Waals surface area contributed by atoms with Crippen LogP contribution < -0.4 is 11.1 Å². The van der Waals surface area contributed by atoms with Crippen LogP contribution in [0.25, 0.3) is 21.9 Å². The molecule has 1 aromatic carbocycles. The first kappa shape index (κ1) is 23.0. The molecule has 0 aliphatic heterocycles. The van der Waals surface area contributed by atoms with E-state index in [9.17, 15) is 9.59 Å². The first-order chi connectivity index (χ1) is 13.5. The van der Waals surface area contributed by atoms with Gasteiger partial charge in [0.2, 0.25) is 0 Å². The second kappa shape index (κ2) is 10.5. The van der Waals surface area contributed by atoms with Crippen molar-refractivity contribution in [2.24, 2.45) is 5.73 Å². The number of hydrogen-bond acceptors (Lipinski definition) is 5. The predicted octanol–water partition coefficient (Wildman–Crippen LogP) is 3.10. The fraction of sp³-hybridized carbons (Fsp3) is 0.400. The van der Waals surface area contributed by atoms with Gasteiger partial charge in [-0.1, -0.05) is 37.5 Å². The average Bonchev–Trinajstić information content (AvgIpc) is 3.13. The summed E-state index contributed by atoms with van der Waals surface area (Å²) < 4.78 is 2.23. The molecule has 0 spiro atoms. The number of benzene rings is 1. The number of nitrogens with one attached hydrogen (secondary N) is 1. The van der Waals surface area contributed by atoms with E-state index in [1.807, 2.05) is 30.6 Å². The Hall–Kier alpha value is -2.27. The van der Waals surface area contributed by atoms with Gasteiger partial charge in [-0.3, -0.25) is 9.59 Å². The van der Waals surface area contributed by atoms with Crippen LogP contribution in [0.5, 0.6) is 0 Å². The lowest BCUT2D eigenvalue weighted by Gasteiger charge is -2.24. The van der Waals surface area contributed by atoms with Crippen LogP contribution in [0.4, 0.5) is 0 Å². The highest BCUT2D eigenvalue weighted by molar-refractivity contribution is 14.0. The molecule has 0 unspecified atom stereocenters. The Labute approximate surface area is 185 Å². The number of imidazole rings is 1. The molecule has 1 aliphatic carbocycles. The number of nitrogens with zero attached hydrogens (tertiary/aromatic N) is 3. The number of carboxylic acid groups (broad SMARTS) is 1. The van der Waals surface area contributed by atoms with Crippen molar-refractivity contribution < 1.29 is 14.7 Å². The molecule has 1 saturated carbocycles. The van der Waals surface area contributed by atoms with E-state index >= 15 is 0 Å². The second-order valence-corrected chi connectivity index (χ2v) is 6.91. The number of likely N-dealkylation sites (N-methyl/N-ethyl adjacent to an activating group) is 1. The van der Waals surface area contributed by atoms with Gasteiger partial charge >= 0.3 is 5.97 Å². The van der Waals surface area contributed by atoms with Crippen molar-refractivity contribution in [2.75, 3.05) is 13.6 Å². The number of carbonyl (C=O) groups is 2. The van der Waals surface area contributed by atoms with Gasteiger partial charge in [0.05, 0.1) is 23.9 Å². The zero-order chi connectivity index (χ0) is 20.1. The molecular formula is C20H26IN5O3. The summed E-state index contributed by atoms with van der Waals surface area (Å²) in [6.45, 7) is 0.0417. The number of pyridine rings is 1. The van der Waals surface area contributed by atoms with Crippen molar-refractivity contribution >= 4 is 57.8 Å². The number of halogens is 1. The zero-order valence-electron chi connectivity index (χ0n) is 16.3. The number of aromatic nitrogens is 3. The molecule has 1 fully saturated rings. The molecule has 0 bridgehead atoms. The predicted molar refractivity (Wildman–Crippen MR) is 123 cm³/mol. The van der Waals surface area contributed by atoms with E-state index in [1.165, 1.54) is 19.3 Å². The quantitative estimate of drug-likeness (QED) is 0.463. The van der Waals surface area contributed by atoms with Crippen LogP contribution in [0.1, 0.15) is 48.6 Å². The molecule has 0 atom stereocenters. The SMILES string of the molecule is CNCC(=O)O.I.NC(=O)c1nc2ccccc2c2c1ncn2C1CCCCC1. The van der Waals surface area contributed by atoms with E-state index in [2.05, 4.69) is 19.9 Å². The van der Waals surface area contributed by atoms with Crippen molar-refractivity contribution in [2.45, 2.75) is 38.1 Å². The normalized spacial score (nSPS) is 14.1. The van der Waals surface area contributed by atoms with Gasteiger partial charge in [-0.25, -0.2) is 9.97 Å². The van der Waals surface area contributed by atoms with Crippen molar-refractivity contribution in [1.82, 2.24) is 19.9 Å². The van der Waals surface area contributed by atoms with Crippen molar-refractivity contribution in [3.63, 3.8) is 0 Å². The molecule has 1 amide bonds. The summed E-state index contributed by atoms with van der Waals surface area (Å²) in [6, 6.07) is 8.32. The number of para-hydroxylation sites is 1. The van der Waals surface area contributed by atoms with Crippen LogP contribution in [0.15, 0.2) is 30.6 Å². The summed E-state index contributed by atoms with van der Waals surface area (Å²) in [4.78, 5) is 30.2. The minimum absolute atomic E-state index is 0. The first-order valence-electron chi connectivity index (χ1n) is 9.44. The average molecular weight is 511 g/mol. The van der Waals surface area contributed by atoms with E-state index in [-0.39, 0.29) is 36.2 Å². The largest absolute Gasteiger partial charge is 0.480 e. The lowest BCUT2D eigenvalue weighted by Crippen LogP contribution is -2.16. The molecular weight excluding hydrogens is 485 g/mol. The molecule has 9 heteroatoms. The highest BCUT2D eigenvalue weighted by atomic mass is 127. The van der Waals surface area contributed by atoms with E-state index in [0.29, 0.717) is 11.6 Å². The van der Waals surface area contributed by atoms with Gasteiger partial charge in [0.25, 0.3) is 5.91 Å². The maximum Gasteiger partial charge on any atom is 0.317 e. The number of carbonyl (C=O) groups excluding carboxylic acids is 1. The monoisotopic (exact) mass is 511 g/mol. The van der Waals surface area contributed by atoms with Crippen LogP contribution in [0, 0.1) is 0 Å². The first-order valence-corrected chi connectivity index (χ1v) is 9.44. The third kappa shape index (κ3) is 5.21. The third-order valence-corrected chi connectivity index (χ3v) is 4.94. The second-order valence-electron chi connectivity index (χ2n) is 6.91. The van der Waals surface area contributed by atoms with Crippen LogP contribution in [0.3, 0.4) is 0 Å². The van der Waals surface area contributed by atoms with Crippen LogP contribution >= 0.6 is 24.0 Å². The Morgan fingerprint density at radius 1 is 1.24 bits per heavy atom. The van der Waals surface area contributed by atoms with Crippen LogP contribution in [-0.2, 0) is 4.79 Å². The fourth-order valence-electron chi connectivity index (χ4n) is 3.70. The molecule has 1 aliphatic rings. The number of nitrogens with two attached hydrogens (primary N) is 1. The van der Waals surface area contributed by atoms with E-state index < -0.39 is 11.9 Å². The smallest absolute Gasteiger partial charge is 0.317 e. The van der Waals surface area contributed by atoms with Gasteiger partial charge < -0.3 is 20.7 Å². The van der Waals surface area contributed by atoms with Crippen molar-refractivity contribution in [3.05, 3.63) is 36.3 Å².